The molecule has 0 saturated heterocycles. The summed E-state index contributed by atoms with van der Waals surface area (Å²) in [6, 6.07) is 12.9. The van der Waals surface area contributed by atoms with E-state index in [1.807, 2.05) is 6.20 Å². The molecule has 1 aromatic carbocycles. The first-order valence-electron chi connectivity index (χ1n) is 8.12. The Bertz CT molecular complexity index is 576. The van der Waals surface area contributed by atoms with Crippen molar-refractivity contribution in [2.75, 3.05) is 33.7 Å². The summed E-state index contributed by atoms with van der Waals surface area (Å²) in [6.45, 7) is 5.41. The second kappa shape index (κ2) is 7.07. The Morgan fingerprint density at radius 3 is 2.73 bits per heavy atom. The Hall–Kier alpha value is -1.65. The van der Waals surface area contributed by atoms with E-state index >= 15 is 0 Å². The van der Waals surface area contributed by atoms with Crippen molar-refractivity contribution < 1.29 is 0 Å². The molecule has 118 valence electrons. The molecule has 2 aromatic rings. The van der Waals surface area contributed by atoms with Crippen LogP contribution in [-0.2, 0) is 19.5 Å². The standard InChI is InChI=1S/C18H26N4/c1-20(2)12-17-13-21(11-9-16-6-4-3-5-7-16)15-18-8-10-19-22(18)14-17/h3-8,10,17H,9,11-15H2,1-2H3/t17-/m1/s1. The lowest BCUT2D eigenvalue weighted by atomic mass is 10.1. The fourth-order valence-corrected chi connectivity index (χ4v) is 3.35. The Morgan fingerprint density at radius 1 is 1.14 bits per heavy atom. The molecular weight excluding hydrogens is 272 g/mol. The van der Waals surface area contributed by atoms with E-state index in [0.29, 0.717) is 5.92 Å². The lowest BCUT2D eigenvalue weighted by Crippen LogP contribution is -2.34. The highest BCUT2D eigenvalue weighted by molar-refractivity contribution is 5.15. The average molecular weight is 298 g/mol. The van der Waals surface area contributed by atoms with Gasteiger partial charge in [0.1, 0.15) is 0 Å². The molecule has 0 amide bonds. The van der Waals surface area contributed by atoms with Crippen LogP contribution < -0.4 is 0 Å². The van der Waals surface area contributed by atoms with Gasteiger partial charge in [-0.2, -0.15) is 5.10 Å². The van der Waals surface area contributed by atoms with Crippen molar-refractivity contribution >= 4 is 0 Å². The van der Waals surface area contributed by atoms with Crippen molar-refractivity contribution in [3.63, 3.8) is 0 Å². The summed E-state index contributed by atoms with van der Waals surface area (Å²) < 4.78 is 2.19. The van der Waals surface area contributed by atoms with Gasteiger partial charge in [0, 0.05) is 44.8 Å². The third-order valence-electron chi connectivity index (χ3n) is 4.32. The summed E-state index contributed by atoms with van der Waals surface area (Å²) in [5, 5.41) is 4.50. The van der Waals surface area contributed by atoms with E-state index in [0.717, 1.165) is 39.1 Å². The van der Waals surface area contributed by atoms with Gasteiger partial charge in [-0.1, -0.05) is 30.3 Å². The van der Waals surface area contributed by atoms with Gasteiger partial charge in [0.15, 0.2) is 0 Å². The monoisotopic (exact) mass is 298 g/mol. The Balaban J connectivity index is 1.67. The molecule has 3 rings (SSSR count). The van der Waals surface area contributed by atoms with E-state index in [9.17, 15) is 0 Å². The number of nitrogens with zero attached hydrogens (tertiary/aromatic N) is 4. The quantitative estimate of drug-likeness (QED) is 0.845. The third kappa shape index (κ3) is 3.96. The van der Waals surface area contributed by atoms with Gasteiger partial charge in [0.25, 0.3) is 0 Å². The number of fused-ring (bicyclic) bond motifs is 1. The zero-order chi connectivity index (χ0) is 15.4. The molecule has 0 saturated carbocycles. The third-order valence-corrected chi connectivity index (χ3v) is 4.32. The highest BCUT2D eigenvalue weighted by Gasteiger charge is 2.22. The van der Waals surface area contributed by atoms with Gasteiger partial charge >= 0.3 is 0 Å². The number of rotatable bonds is 5. The summed E-state index contributed by atoms with van der Waals surface area (Å²) in [5.41, 5.74) is 2.76. The molecule has 2 heterocycles. The first-order chi connectivity index (χ1) is 10.7. The minimum atomic E-state index is 0.631. The maximum atomic E-state index is 4.50. The van der Waals surface area contributed by atoms with Crippen molar-refractivity contribution in [2.24, 2.45) is 5.92 Å². The van der Waals surface area contributed by atoms with Crippen LogP contribution in [0.5, 0.6) is 0 Å². The van der Waals surface area contributed by atoms with Crippen molar-refractivity contribution in [3.05, 3.63) is 53.9 Å². The molecule has 0 spiro atoms. The summed E-state index contributed by atoms with van der Waals surface area (Å²) >= 11 is 0. The molecule has 22 heavy (non-hydrogen) atoms. The zero-order valence-corrected chi connectivity index (χ0v) is 13.7. The zero-order valence-electron chi connectivity index (χ0n) is 13.7. The van der Waals surface area contributed by atoms with Crippen LogP contribution in [0.25, 0.3) is 0 Å². The van der Waals surface area contributed by atoms with Crippen LogP contribution in [-0.4, -0.2) is 53.3 Å². The van der Waals surface area contributed by atoms with Crippen molar-refractivity contribution in [2.45, 2.75) is 19.5 Å². The predicted molar refractivity (Wildman–Crippen MR) is 89.7 cm³/mol. The van der Waals surface area contributed by atoms with Crippen molar-refractivity contribution in [1.82, 2.24) is 19.6 Å². The van der Waals surface area contributed by atoms with Crippen molar-refractivity contribution in [1.29, 1.82) is 0 Å². The molecule has 4 nitrogen and oxygen atoms in total. The second-order valence-corrected chi connectivity index (χ2v) is 6.60. The Kier molecular flexibility index (Phi) is 4.90. The van der Waals surface area contributed by atoms with Crippen LogP contribution in [0.2, 0.25) is 0 Å². The lowest BCUT2D eigenvalue weighted by Gasteiger charge is -2.25. The maximum Gasteiger partial charge on any atom is 0.0524 e. The van der Waals surface area contributed by atoms with E-state index in [-0.39, 0.29) is 0 Å². The average Bonchev–Trinajstić information content (AvgIpc) is 2.85. The number of benzene rings is 1. The fraction of sp³-hybridized carbons (Fsp3) is 0.500. The minimum absolute atomic E-state index is 0.631. The van der Waals surface area contributed by atoms with Crippen LogP contribution in [0.4, 0.5) is 0 Å². The first kappa shape index (κ1) is 15.3. The topological polar surface area (TPSA) is 24.3 Å². The highest BCUT2D eigenvalue weighted by Crippen LogP contribution is 2.17. The molecule has 4 heteroatoms. The number of aromatic nitrogens is 2. The van der Waals surface area contributed by atoms with Gasteiger partial charge < -0.3 is 4.90 Å². The van der Waals surface area contributed by atoms with Gasteiger partial charge in [-0.25, -0.2) is 0 Å². The highest BCUT2D eigenvalue weighted by atomic mass is 15.3. The summed E-state index contributed by atoms with van der Waals surface area (Å²) in [5.74, 6) is 0.631. The normalized spacial score (nSPS) is 19.1. The van der Waals surface area contributed by atoms with Crippen LogP contribution in [0.1, 0.15) is 11.3 Å². The molecule has 0 unspecified atom stereocenters. The molecule has 0 N–H and O–H groups in total. The maximum absolute atomic E-state index is 4.50. The molecule has 0 aliphatic carbocycles. The molecule has 0 radical (unpaired) electrons. The number of hydrogen-bond acceptors (Lipinski definition) is 3. The van der Waals surface area contributed by atoms with Gasteiger partial charge in [-0.3, -0.25) is 9.58 Å². The molecule has 1 aliphatic rings. The van der Waals surface area contributed by atoms with Gasteiger partial charge in [0.05, 0.1) is 5.69 Å². The van der Waals surface area contributed by atoms with Crippen LogP contribution >= 0.6 is 0 Å². The molecule has 1 aliphatic heterocycles. The van der Waals surface area contributed by atoms with E-state index < -0.39 is 0 Å². The first-order valence-corrected chi connectivity index (χ1v) is 8.12. The van der Waals surface area contributed by atoms with E-state index in [1.54, 1.807) is 0 Å². The SMILES string of the molecule is CN(C)C[C@@H]1CN(CCc2ccccc2)Cc2ccnn2C1. The van der Waals surface area contributed by atoms with E-state index in [2.05, 4.69) is 70.1 Å². The van der Waals surface area contributed by atoms with E-state index in [4.69, 9.17) is 0 Å². The van der Waals surface area contributed by atoms with Gasteiger partial charge in [0.2, 0.25) is 0 Å². The molecule has 1 atom stereocenters. The second-order valence-electron chi connectivity index (χ2n) is 6.60. The summed E-state index contributed by atoms with van der Waals surface area (Å²) in [7, 11) is 4.31. The summed E-state index contributed by atoms with van der Waals surface area (Å²) in [4.78, 5) is 4.87. The van der Waals surface area contributed by atoms with Crippen molar-refractivity contribution in [3.8, 4) is 0 Å². The molecule has 1 aromatic heterocycles. The predicted octanol–water partition coefficient (Wildman–Crippen LogP) is 2.12. The van der Waals surface area contributed by atoms with Crippen LogP contribution in [0, 0.1) is 5.92 Å². The van der Waals surface area contributed by atoms with E-state index in [1.165, 1.54) is 11.3 Å². The summed E-state index contributed by atoms with van der Waals surface area (Å²) in [6.07, 6.45) is 3.05. The van der Waals surface area contributed by atoms with Crippen LogP contribution in [0.15, 0.2) is 42.6 Å². The fourth-order valence-electron chi connectivity index (χ4n) is 3.35. The van der Waals surface area contributed by atoms with Gasteiger partial charge in [-0.05, 0) is 32.1 Å². The Morgan fingerprint density at radius 2 is 1.95 bits per heavy atom. The Labute approximate surface area is 133 Å². The molecular formula is C18H26N4. The largest absolute Gasteiger partial charge is 0.309 e. The van der Waals surface area contributed by atoms with Crippen LogP contribution in [0.3, 0.4) is 0 Å². The molecule has 0 fully saturated rings. The molecule has 0 bridgehead atoms. The van der Waals surface area contributed by atoms with Gasteiger partial charge in [-0.15, -0.1) is 0 Å². The lowest BCUT2D eigenvalue weighted by molar-refractivity contribution is 0.201. The number of hydrogen-bond donors (Lipinski definition) is 0. The minimum Gasteiger partial charge on any atom is -0.309 e. The smallest absolute Gasteiger partial charge is 0.0524 e.